The zero-order valence-electron chi connectivity index (χ0n) is 22.8. The molecule has 0 radical (unpaired) electrons. The molecule has 0 amide bonds. The molecule has 0 saturated carbocycles. The summed E-state index contributed by atoms with van der Waals surface area (Å²) in [7, 11) is 0. The van der Waals surface area contributed by atoms with Crippen LogP contribution in [0, 0.1) is 0 Å². The summed E-state index contributed by atoms with van der Waals surface area (Å²) in [6.45, 7) is 0. The minimum Gasteiger partial charge on any atom is -0.456 e. The van der Waals surface area contributed by atoms with Crippen molar-refractivity contribution in [3.63, 3.8) is 0 Å². The number of furan rings is 1. The van der Waals surface area contributed by atoms with Crippen molar-refractivity contribution in [1.29, 1.82) is 0 Å². The molecular formula is C40H25NO. The third-order valence-corrected chi connectivity index (χ3v) is 8.58. The molecular weight excluding hydrogens is 510 g/mol. The monoisotopic (exact) mass is 535 g/mol. The molecule has 9 aromatic rings. The number of hydrogen-bond donors (Lipinski definition) is 0. The van der Waals surface area contributed by atoms with Gasteiger partial charge < -0.3 is 9.32 Å². The number of para-hydroxylation sites is 2. The Morgan fingerprint density at radius 1 is 0.357 bits per heavy atom. The molecule has 0 unspecified atom stereocenters. The van der Waals surface area contributed by atoms with Gasteiger partial charge >= 0.3 is 0 Å². The predicted octanol–water partition coefficient (Wildman–Crippen LogP) is 11.7. The maximum Gasteiger partial charge on any atom is 0.136 e. The van der Waals surface area contributed by atoms with E-state index in [0.717, 1.165) is 44.4 Å². The fraction of sp³-hybridized carbons (Fsp3) is 0. The molecule has 0 saturated heterocycles. The minimum atomic E-state index is 0.911. The van der Waals surface area contributed by atoms with Crippen LogP contribution in [-0.4, -0.2) is 0 Å². The van der Waals surface area contributed by atoms with Crippen LogP contribution in [0.15, 0.2) is 156 Å². The van der Waals surface area contributed by atoms with E-state index in [4.69, 9.17) is 4.42 Å². The first kappa shape index (κ1) is 23.1. The normalized spacial score (nSPS) is 11.8. The van der Waals surface area contributed by atoms with Crippen molar-refractivity contribution in [2.75, 3.05) is 4.90 Å². The number of fused-ring (bicyclic) bond motifs is 9. The highest BCUT2D eigenvalue weighted by molar-refractivity contribution is 6.24. The lowest BCUT2D eigenvalue weighted by Crippen LogP contribution is -2.11. The van der Waals surface area contributed by atoms with Crippen LogP contribution in [0.1, 0.15) is 0 Å². The van der Waals surface area contributed by atoms with Crippen LogP contribution in [0.3, 0.4) is 0 Å². The van der Waals surface area contributed by atoms with E-state index in [1.165, 1.54) is 37.7 Å². The molecule has 0 spiro atoms. The molecule has 8 aromatic carbocycles. The molecule has 0 N–H and O–H groups in total. The largest absolute Gasteiger partial charge is 0.456 e. The molecule has 0 aliphatic carbocycles. The lowest BCUT2D eigenvalue weighted by atomic mass is 9.94. The van der Waals surface area contributed by atoms with E-state index in [-0.39, 0.29) is 0 Å². The predicted molar refractivity (Wildman–Crippen MR) is 178 cm³/mol. The summed E-state index contributed by atoms with van der Waals surface area (Å²) in [5.74, 6) is 0. The fourth-order valence-electron chi connectivity index (χ4n) is 6.70. The van der Waals surface area contributed by atoms with Crippen molar-refractivity contribution in [3.8, 4) is 0 Å². The highest BCUT2D eigenvalue weighted by Gasteiger charge is 2.21. The average molecular weight is 536 g/mol. The third-order valence-electron chi connectivity index (χ3n) is 8.58. The van der Waals surface area contributed by atoms with Gasteiger partial charge in [-0.3, -0.25) is 0 Å². The summed E-state index contributed by atoms with van der Waals surface area (Å²) in [4.78, 5) is 2.44. The van der Waals surface area contributed by atoms with Crippen LogP contribution in [0.4, 0.5) is 17.1 Å². The van der Waals surface area contributed by atoms with Crippen molar-refractivity contribution >= 4 is 82.1 Å². The van der Waals surface area contributed by atoms with Crippen LogP contribution in [0.25, 0.3) is 65.0 Å². The molecule has 0 bridgehead atoms. The summed E-state index contributed by atoms with van der Waals surface area (Å²) in [5.41, 5.74) is 5.24. The molecule has 0 atom stereocenters. The Bertz CT molecular complexity index is 2470. The number of rotatable bonds is 3. The highest BCUT2D eigenvalue weighted by atomic mass is 16.3. The smallest absolute Gasteiger partial charge is 0.136 e. The molecule has 1 heterocycles. The SMILES string of the molecule is c1ccc(N(c2cccc3cc4oc5ccccc5c4cc23)c2cc3ccccc3c3ccc4ccccc4c23)cc1. The number of anilines is 3. The van der Waals surface area contributed by atoms with Gasteiger partial charge in [0, 0.05) is 27.2 Å². The van der Waals surface area contributed by atoms with Crippen LogP contribution in [-0.2, 0) is 0 Å². The van der Waals surface area contributed by atoms with Crippen LogP contribution >= 0.6 is 0 Å². The van der Waals surface area contributed by atoms with Gasteiger partial charge in [0.25, 0.3) is 0 Å². The molecule has 9 rings (SSSR count). The maximum atomic E-state index is 6.27. The first-order valence-corrected chi connectivity index (χ1v) is 14.4. The van der Waals surface area contributed by atoms with Crippen molar-refractivity contribution in [1.82, 2.24) is 0 Å². The summed E-state index contributed by atoms with van der Waals surface area (Å²) in [5, 5.41) is 12.1. The Labute approximate surface area is 242 Å². The molecule has 0 aliphatic heterocycles. The second kappa shape index (κ2) is 8.95. The Kier molecular flexibility index (Phi) is 4.93. The zero-order chi connectivity index (χ0) is 27.6. The minimum absolute atomic E-state index is 0.911. The van der Waals surface area contributed by atoms with Crippen molar-refractivity contribution in [2.45, 2.75) is 0 Å². The molecule has 196 valence electrons. The van der Waals surface area contributed by atoms with E-state index < -0.39 is 0 Å². The molecule has 0 fully saturated rings. The van der Waals surface area contributed by atoms with Crippen LogP contribution < -0.4 is 4.90 Å². The van der Waals surface area contributed by atoms with Crippen molar-refractivity contribution in [2.24, 2.45) is 0 Å². The van der Waals surface area contributed by atoms with Gasteiger partial charge in [0.05, 0.1) is 11.4 Å². The van der Waals surface area contributed by atoms with Gasteiger partial charge in [0.1, 0.15) is 11.2 Å². The Morgan fingerprint density at radius 3 is 1.93 bits per heavy atom. The summed E-state index contributed by atoms with van der Waals surface area (Å²) in [6, 6.07) is 54.5. The lowest BCUT2D eigenvalue weighted by Gasteiger charge is -2.29. The Hall–Kier alpha value is -5.60. The van der Waals surface area contributed by atoms with Crippen LogP contribution in [0.2, 0.25) is 0 Å². The first-order chi connectivity index (χ1) is 20.8. The summed E-state index contributed by atoms with van der Waals surface area (Å²) >= 11 is 0. The molecule has 2 nitrogen and oxygen atoms in total. The molecule has 1 aromatic heterocycles. The third kappa shape index (κ3) is 3.39. The quantitative estimate of drug-likeness (QED) is 0.209. The second-order valence-corrected chi connectivity index (χ2v) is 10.9. The summed E-state index contributed by atoms with van der Waals surface area (Å²) in [6.07, 6.45) is 0. The zero-order valence-corrected chi connectivity index (χ0v) is 22.8. The number of benzene rings is 8. The van der Waals surface area contributed by atoms with Gasteiger partial charge in [-0.2, -0.15) is 0 Å². The Balaban J connectivity index is 1.45. The van der Waals surface area contributed by atoms with E-state index >= 15 is 0 Å². The number of hydrogen-bond acceptors (Lipinski definition) is 2. The van der Waals surface area contributed by atoms with Gasteiger partial charge in [-0.15, -0.1) is 0 Å². The van der Waals surface area contributed by atoms with E-state index in [0.29, 0.717) is 0 Å². The van der Waals surface area contributed by atoms with Gasteiger partial charge in [-0.1, -0.05) is 109 Å². The summed E-state index contributed by atoms with van der Waals surface area (Å²) < 4.78 is 6.27. The molecule has 2 heteroatoms. The fourth-order valence-corrected chi connectivity index (χ4v) is 6.70. The molecule has 42 heavy (non-hydrogen) atoms. The van der Waals surface area contributed by atoms with E-state index in [1.54, 1.807) is 0 Å². The van der Waals surface area contributed by atoms with E-state index in [9.17, 15) is 0 Å². The standard InChI is InChI=1S/C40H25NO/c1-2-14-29(15-3-1)41(36-19-10-13-28-24-39-35(25-34(28)36)32-18-8-9-20-38(32)42-39)37-23-27-12-5-6-16-30(27)33-22-21-26-11-4-7-17-31(26)40(33)37/h1-25H. The molecule has 0 aliphatic rings. The van der Waals surface area contributed by atoms with Gasteiger partial charge in [0.15, 0.2) is 0 Å². The second-order valence-electron chi connectivity index (χ2n) is 10.9. The van der Waals surface area contributed by atoms with Gasteiger partial charge in [-0.05, 0) is 74.8 Å². The highest BCUT2D eigenvalue weighted by Crippen LogP contribution is 2.47. The Morgan fingerprint density at radius 2 is 1.05 bits per heavy atom. The first-order valence-electron chi connectivity index (χ1n) is 14.4. The maximum absolute atomic E-state index is 6.27. The average Bonchev–Trinajstić information content (AvgIpc) is 3.41. The van der Waals surface area contributed by atoms with E-state index in [1.807, 2.05) is 12.1 Å². The lowest BCUT2D eigenvalue weighted by molar-refractivity contribution is 0.669. The topological polar surface area (TPSA) is 16.4 Å². The van der Waals surface area contributed by atoms with Gasteiger partial charge in [-0.25, -0.2) is 0 Å². The van der Waals surface area contributed by atoms with Crippen molar-refractivity contribution in [3.05, 3.63) is 152 Å². The van der Waals surface area contributed by atoms with Crippen LogP contribution in [0.5, 0.6) is 0 Å². The van der Waals surface area contributed by atoms with Crippen molar-refractivity contribution < 1.29 is 4.42 Å². The van der Waals surface area contributed by atoms with E-state index in [2.05, 4.69) is 144 Å². The van der Waals surface area contributed by atoms with Gasteiger partial charge in [0.2, 0.25) is 0 Å². The number of nitrogens with zero attached hydrogens (tertiary/aromatic N) is 1.